The van der Waals surface area contributed by atoms with Crippen molar-refractivity contribution in [1.29, 1.82) is 0 Å². The van der Waals surface area contributed by atoms with Crippen LogP contribution in [0.1, 0.15) is 60.5 Å². The predicted molar refractivity (Wildman–Crippen MR) is 129 cm³/mol. The standard InChI is InChI=1S/C28H30F3NO3/c1-2-34-27(33)23-12-16-25(17-13-23)35-19-7-5-3-4-6-8-21-9-18-26(32-20-21)22-10-14-24(15-11-22)28(29,30)31/h9-18,20H,2-8,19H2,1H3. The Morgan fingerprint density at radius 3 is 2.17 bits per heavy atom. The maximum absolute atomic E-state index is 12.7. The summed E-state index contributed by atoms with van der Waals surface area (Å²) in [6.45, 7) is 2.76. The summed E-state index contributed by atoms with van der Waals surface area (Å²) in [7, 11) is 0. The zero-order chi connectivity index (χ0) is 25.1. The van der Waals surface area contributed by atoms with Crippen LogP contribution in [0.2, 0.25) is 0 Å². The zero-order valence-corrected chi connectivity index (χ0v) is 19.8. The van der Waals surface area contributed by atoms with Crippen molar-refractivity contribution in [3.05, 3.63) is 83.6 Å². The molecule has 186 valence electrons. The molecule has 0 unspecified atom stereocenters. The van der Waals surface area contributed by atoms with Crippen molar-refractivity contribution in [2.75, 3.05) is 13.2 Å². The third-order valence-corrected chi connectivity index (χ3v) is 5.58. The van der Waals surface area contributed by atoms with E-state index in [1.165, 1.54) is 12.1 Å². The van der Waals surface area contributed by atoms with Crippen LogP contribution in [-0.4, -0.2) is 24.2 Å². The third-order valence-electron chi connectivity index (χ3n) is 5.58. The summed E-state index contributed by atoms with van der Waals surface area (Å²) in [4.78, 5) is 16.1. The van der Waals surface area contributed by atoms with Crippen LogP contribution in [0.3, 0.4) is 0 Å². The van der Waals surface area contributed by atoms with Crippen molar-refractivity contribution in [3.63, 3.8) is 0 Å². The van der Waals surface area contributed by atoms with E-state index in [9.17, 15) is 18.0 Å². The van der Waals surface area contributed by atoms with E-state index in [0.717, 1.165) is 62.0 Å². The molecule has 0 N–H and O–H groups in total. The summed E-state index contributed by atoms with van der Waals surface area (Å²) < 4.78 is 48.8. The molecule has 3 aromatic rings. The van der Waals surface area contributed by atoms with Crippen molar-refractivity contribution < 1.29 is 27.4 Å². The largest absolute Gasteiger partial charge is 0.494 e. The number of hydrogen-bond acceptors (Lipinski definition) is 4. The van der Waals surface area contributed by atoms with Crippen molar-refractivity contribution in [1.82, 2.24) is 4.98 Å². The van der Waals surface area contributed by atoms with Gasteiger partial charge in [0.2, 0.25) is 0 Å². The lowest BCUT2D eigenvalue weighted by Gasteiger charge is -2.08. The molecule has 0 aliphatic carbocycles. The van der Waals surface area contributed by atoms with E-state index in [0.29, 0.717) is 30.0 Å². The fourth-order valence-electron chi connectivity index (χ4n) is 3.63. The SMILES string of the molecule is CCOC(=O)c1ccc(OCCCCCCCc2ccc(-c3ccc(C(F)(F)F)cc3)nc2)cc1. The first-order chi connectivity index (χ1) is 16.9. The number of carbonyl (C=O) groups is 1. The number of unbranched alkanes of at least 4 members (excludes halogenated alkanes) is 4. The molecule has 1 heterocycles. The summed E-state index contributed by atoms with van der Waals surface area (Å²) in [5.74, 6) is 0.412. The van der Waals surface area contributed by atoms with Crippen LogP contribution >= 0.6 is 0 Å². The Balaban J connectivity index is 1.29. The molecule has 0 amide bonds. The minimum Gasteiger partial charge on any atom is -0.494 e. The summed E-state index contributed by atoms with van der Waals surface area (Å²) in [5.41, 5.74) is 2.31. The number of halogens is 3. The average molecular weight is 486 g/mol. The van der Waals surface area contributed by atoms with Gasteiger partial charge in [0.1, 0.15) is 5.75 Å². The normalized spacial score (nSPS) is 11.3. The maximum atomic E-state index is 12.7. The Morgan fingerprint density at radius 1 is 0.857 bits per heavy atom. The first kappa shape index (κ1) is 26.3. The van der Waals surface area contributed by atoms with E-state index in [1.54, 1.807) is 37.4 Å². The number of esters is 1. The quantitative estimate of drug-likeness (QED) is 0.197. The zero-order valence-electron chi connectivity index (χ0n) is 19.8. The van der Waals surface area contributed by atoms with Gasteiger partial charge in [0.15, 0.2) is 0 Å². The van der Waals surface area contributed by atoms with E-state index < -0.39 is 11.7 Å². The second-order valence-corrected chi connectivity index (χ2v) is 8.24. The van der Waals surface area contributed by atoms with E-state index >= 15 is 0 Å². The van der Waals surface area contributed by atoms with Gasteiger partial charge in [-0.25, -0.2) is 4.79 Å². The van der Waals surface area contributed by atoms with Crippen LogP contribution in [0.4, 0.5) is 13.2 Å². The van der Waals surface area contributed by atoms with Crippen LogP contribution in [0.25, 0.3) is 11.3 Å². The minimum atomic E-state index is -4.33. The molecule has 7 heteroatoms. The number of ether oxygens (including phenoxy) is 2. The lowest BCUT2D eigenvalue weighted by molar-refractivity contribution is -0.137. The number of benzene rings is 2. The maximum Gasteiger partial charge on any atom is 0.416 e. The molecule has 1 aromatic heterocycles. The van der Waals surface area contributed by atoms with Crippen molar-refractivity contribution in [3.8, 4) is 17.0 Å². The molecule has 0 fully saturated rings. The van der Waals surface area contributed by atoms with Crippen molar-refractivity contribution >= 4 is 5.97 Å². The van der Waals surface area contributed by atoms with E-state index in [-0.39, 0.29) is 5.97 Å². The molecule has 0 radical (unpaired) electrons. The van der Waals surface area contributed by atoms with Crippen LogP contribution < -0.4 is 4.74 Å². The van der Waals surface area contributed by atoms with Gasteiger partial charge in [0.05, 0.1) is 30.0 Å². The van der Waals surface area contributed by atoms with Crippen molar-refractivity contribution in [2.45, 2.75) is 51.6 Å². The molecule has 0 saturated carbocycles. The molecular weight excluding hydrogens is 455 g/mol. The van der Waals surface area contributed by atoms with E-state index in [2.05, 4.69) is 4.98 Å². The molecule has 35 heavy (non-hydrogen) atoms. The first-order valence-electron chi connectivity index (χ1n) is 11.9. The second kappa shape index (κ2) is 12.9. The second-order valence-electron chi connectivity index (χ2n) is 8.24. The highest BCUT2D eigenvalue weighted by Crippen LogP contribution is 2.30. The molecule has 0 saturated heterocycles. The first-order valence-corrected chi connectivity index (χ1v) is 11.9. The van der Waals surface area contributed by atoms with Gasteiger partial charge in [0, 0.05) is 11.8 Å². The molecule has 2 aromatic carbocycles. The Bertz CT molecular complexity index is 1050. The Hall–Kier alpha value is -3.35. The number of alkyl halides is 3. The topological polar surface area (TPSA) is 48.4 Å². The van der Waals surface area contributed by atoms with Crippen LogP contribution in [-0.2, 0) is 17.3 Å². The Labute approximate surface area is 204 Å². The van der Waals surface area contributed by atoms with Gasteiger partial charge in [-0.2, -0.15) is 13.2 Å². The fraction of sp³-hybridized carbons (Fsp3) is 0.357. The molecule has 0 spiro atoms. The predicted octanol–water partition coefficient (Wildman–Crippen LogP) is 7.52. The van der Waals surface area contributed by atoms with Gasteiger partial charge < -0.3 is 9.47 Å². The number of aromatic nitrogens is 1. The van der Waals surface area contributed by atoms with Crippen LogP contribution in [0.5, 0.6) is 5.75 Å². The van der Waals surface area contributed by atoms with Gasteiger partial charge >= 0.3 is 12.1 Å². The van der Waals surface area contributed by atoms with Gasteiger partial charge in [0.25, 0.3) is 0 Å². The summed E-state index contributed by atoms with van der Waals surface area (Å²) in [6, 6.07) is 15.9. The molecule has 0 atom stereocenters. The third kappa shape index (κ3) is 8.42. The van der Waals surface area contributed by atoms with Gasteiger partial charge in [-0.05, 0) is 74.2 Å². The summed E-state index contributed by atoms with van der Waals surface area (Å²) in [6.07, 6.45) is 3.70. The van der Waals surface area contributed by atoms with Crippen LogP contribution in [0.15, 0.2) is 66.9 Å². The van der Waals surface area contributed by atoms with E-state index in [4.69, 9.17) is 9.47 Å². The number of rotatable bonds is 12. The fourth-order valence-corrected chi connectivity index (χ4v) is 3.63. The molecule has 0 bridgehead atoms. The number of nitrogens with zero attached hydrogens (tertiary/aromatic N) is 1. The summed E-state index contributed by atoms with van der Waals surface area (Å²) >= 11 is 0. The molecular formula is C28H30F3NO3. The molecule has 3 rings (SSSR count). The van der Waals surface area contributed by atoms with Gasteiger partial charge in [-0.3, -0.25) is 4.98 Å². The van der Waals surface area contributed by atoms with Crippen molar-refractivity contribution in [2.24, 2.45) is 0 Å². The van der Waals surface area contributed by atoms with Gasteiger partial charge in [-0.1, -0.05) is 37.5 Å². The van der Waals surface area contributed by atoms with Crippen LogP contribution in [0, 0.1) is 0 Å². The summed E-state index contributed by atoms with van der Waals surface area (Å²) in [5, 5.41) is 0. The number of pyridine rings is 1. The number of aryl methyl sites for hydroxylation is 1. The average Bonchev–Trinajstić information content (AvgIpc) is 2.86. The Morgan fingerprint density at radius 2 is 1.54 bits per heavy atom. The molecule has 0 aliphatic heterocycles. The minimum absolute atomic E-state index is 0.329. The van der Waals surface area contributed by atoms with E-state index in [1.807, 2.05) is 12.1 Å². The molecule has 4 nitrogen and oxygen atoms in total. The Kier molecular flexibility index (Phi) is 9.70. The monoisotopic (exact) mass is 485 g/mol. The number of hydrogen-bond donors (Lipinski definition) is 0. The highest BCUT2D eigenvalue weighted by atomic mass is 19.4. The number of carbonyl (C=O) groups excluding carboxylic acids is 1. The molecule has 0 aliphatic rings. The van der Waals surface area contributed by atoms with Gasteiger partial charge in [-0.15, -0.1) is 0 Å². The lowest BCUT2D eigenvalue weighted by atomic mass is 10.0. The smallest absolute Gasteiger partial charge is 0.416 e. The lowest BCUT2D eigenvalue weighted by Crippen LogP contribution is -2.04. The highest BCUT2D eigenvalue weighted by Gasteiger charge is 2.30. The highest BCUT2D eigenvalue weighted by molar-refractivity contribution is 5.89.